The summed E-state index contributed by atoms with van der Waals surface area (Å²) in [5, 5.41) is 8.91. The molecule has 0 spiro atoms. The molecule has 0 amide bonds. The van der Waals surface area contributed by atoms with Crippen LogP contribution in [0.5, 0.6) is 0 Å². The highest BCUT2D eigenvalue weighted by Crippen LogP contribution is 2.01. The standard InChI is InChI=1S/C5H7N3O3/c1-4-5(7-3-6-4)2-11-8(9)10/h3H,2H2,1H3,(H,6,7). The molecule has 0 unspecified atom stereocenters. The topological polar surface area (TPSA) is 81.0 Å². The van der Waals surface area contributed by atoms with Crippen molar-refractivity contribution in [2.45, 2.75) is 13.5 Å². The van der Waals surface area contributed by atoms with Crippen molar-refractivity contribution in [1.82, 2.24) is 9.97 Å². The molecule has 0 aliphatic rings. The number of nitrogens with zero attached hydrogens (tertiary/aromatic N) is 2. The molecule has 6 heteroatoms. The molecule has 11 heavy (non-hydrogen) atoms. The molecule has 60 valence electrons. The summed E-state index contributed by atoms with van der Waals surface area (Å²) >= 11 is 0. The van der Waals surface area contributed by atoms with Gasteiger partial charge in [0.25, 0.3) is 5.09 Å². The van der Waals surface area contributed by atoms with Gasteiger partial charge in [0, 0.05) is 5.69 Å². The molecule has 1 aromatic heterocycles. The summed E-state index contributed by atoms with van der Waals surface area (Å²) in [6, 6.07) is 0. The summed E-state index contributed by atoms with van der Waals surface area (Å²) in [6.07, 6.45) is 1.47. The first-order valence-electron chi connectivity index (χ1n) is 2.96. The number of nitrogens with one attached hydrogen (secondary N) is 1. The van der Waals surface area contributed by atoms with E-state index in [0.717, 1.165) is 5.69 Å². The van der Waals surface area contributed by atoms with Gasteiger partial charge in [-0.05, 0) is 6.92 Å². The van der Waals surface area contributed by atoms with Crippen LogP contribution in [0, 0.1) is 17.0 Å². The molecular formula is C5H7N3O3. The van der Waals surface area contributed by atoms with E-state index >= 15 is 0 Å². The molecule has 1 N–H and O–H groups in total. The largest absolute Gasteiger partial charge is 0.348 e. The first-order valence-corrected chi connectivity index (χ1v) is 2.96. The Morgan fingerprint density at radius 2 is 2.64 bits per heavy atom. The second kappa shape index (κ2) is 3.00. The zero-order chi connectivity index (χ0) is 8.27. The molecule has 1 heterocycles. The van der Waals surface area contributed by atoms with Crippen molar-refractivity contribution in [3.8, 4) is 0 Å². The van der Waals surface area contributed by atoms with Crippen LogP contribution in [-0.2, 0) is 11.4 Å². The van der Waals surface area contributed by atoms with Crippen LogP contribution in [0.4, 0.5) is 0 Å². The molecule has 0 saturated carbocycles. The van der Waals surface area contributed by atoms with E-state index < -0.39 is 5.09 Å². The van der Waals surface area contributed by atoms with Crippen molar-refractivity contribution in [2.75, 3.05) is 0 Å². The maximum atomic E-state index is 9.75. The normalized spacial score (nSPS) is 9.55. The van der Waals surface area contributed by atoms with Crippen LogP contribution in [0.25, 0.3) is 0 Å². The lowest BCUT2D eigenvalue weighted by Crippen LogP contribution is -2.01. The maximum Gasteiger partial charge on any atom is 0.294 e. The van der Waals surface area contributed by atoms with Gasteiger partial charge in [-0.15, -0.1) is 10.1 Å². The molecular weight excluding hydrogens is 150 g/mol. The number of aryl methyl sites for hydroxylation is 1. The van der Waals surface area contributed by atoms with Crippen LogP contribution in [0.15, 0.2) is 6.33 Å². The fourth-order valence-electron chi connectivity index (χ4n) is 0.647. The zero-order valence-electron chi connectivity index (χ0n) is 5.90. The van der Waals surface area contributed by atoms with Crippen LogP contribution in [0.3, 0.4) is 0 Å². The molecule has 1 rings (SSSR count). The van der Waals surface area contributed by atoms with E-state index in [2.05, 4.69) is 14.8 Å². The van der Waals surface area contributed by atoms with Crippen LogP contribution in [0.2, 0.25) is 0 Å². The molecule has 0 radical (unpaired) electrons. The van der Waals surface area contributed by atoms with E-state index in [1.54, 1.807) is 6.92 Å². The fraction of sp³-hybridized carbons (Fsp3) is 0.400. The van der Waals surface area contributed by atoms with Gasteiger partial charge in [0.15, 0.2) is 0 Å². The van der Waals surface area contributed by atoms with E-state index in [4.69, 9.17) is 0 Å². The Bertz CT molecular complexity index is 257. The number of rotatable bonds is 3. The first kappa shape index (κ1) is 7.52. The van der Waals surface area contributed by atoms with E-state index in [9.17, 15) is 10.1 Å². The van der Waals surface area contributed by atoms with Gasteiger partial charge >= 0.3 is 0 Å². The van der Waals surface area contributed by atoms with Gasteiger partial charge in [0.05, 0.1) is 12.0 Å². The van der Waals surface area contributed by atoms with E-state index in [-0.39, 0.29) is 6.61 Å². The number of hydrogen-bond acceptors (Lipinski definition) is 4. The molecule has 0 saturated heterocycles. The van der Waals surface area contributed by atoms with Gasteiger partial charge in [-0.25, -0.2) is 4.98 Å². The predicted molar refractivity (Wildman–Crippen MR) is 35.1 cm³/mol. The van der Waals surface area contributed by atoms with E-state index in [1.165, 1.54) is 6.33 Å². The average molecular weight is 157 g/mol. The van der Waals surface area contributed by atoms with Crippen molar-refractivity contribution in [3.05, 3.63) is 27.8 Å². The van der Waals surface area contributed by atoms with Crippen molar-refractivity contribution in [1.29, 1.82) is 0 Å². The minimum Gasteiger partial charge on any atom is -0.348 e. The number of imidazole rings is 1. The Hall–Kier alpha value is -1.59. The molecule has 0 aliphatic heterocycles. The Kier molecular flexibility index (Phi) is 2.05. The van der Waals surface area contributed by atoms with Gasteiger partial charge in [0.1, 0.15) is 6.61 Å². The van der Waals surface area contributed by atoms with E-state index in [0.29, 0.717) is 5.69 Å². The molecule has 0 aromatic carbocycles. The van der Waals surface area contributed by atoms with Crippen LogP contribution in [-0.4, -0.2) is 15.1 Å². The monoisotopic (exact) mass is 157 g/mol. The zero-order valence-corrected chi connectivity index (χ0v) is 5.90. The molecule has 0 aliphatic carbocycles. The van der Waals surface area contributed by atoms with Crippen molar-refractivity contribution in [3.63, 3.8) is 0 Å². The number of H-pyrrole nitrogens is 1. The Labute approximate surface area is 62.3 Å². The minimum atomic E-state index is -0.839. The average Bonchev–Trinajstić information content (AvgIpc) is 2.31. The summed E-state index contributed by atoms with van der Waals surface area (Å²) in [6.45, 7) is 1.67. The molecule has 6 nitrogen and oxygen atoms in total. The van der Waals surface area contributed by atoms with Gasteiger partial charge < -0.3 is 9.82 Å². The maximum absolute atomic E-state index is 9.75. The third kappa shape index (κ3) is 1.92. The van der Waals surface area contributed by atoms with Gasteiger partial charge in [-0.1, -0.05) is 0 Å². The summed E-state index contributed by atoms with van der Waals surface area (Å²) < 4.78 is 0. The van der Waals surface area contributed by atoms with Crippen LogP contribution < -0.4 is 0 Å². The smallest absolute Gasteiger partial charge is 0.294 e. The molecule has 0 atom stereocenters. The SMILES string of the molecule is Cc1[nH]cnc1CO[N+](=O)[O-]. The fourth-order valence-corrected chi connectivity index (χ4v) is 0.647. The summed E-state index contributed by atoms with van der Waals surface area (Å²) in [7, 11) is 0. The Morgan fingerprint density at radius 1 is 1.91 bits per heavy atom. The minimum absolute atomic E-state index is 0.0949. The highest BCUT2D eigenvalue weighted by molar-refractivity contribution is 5.06. The van der Waals surface area contributed by atoms with Crippen LogP contribution in [0.1, 0.15) is 11.4 Å². The highest BCUT2D eigenvalue weighted by Gasteiger charge is 2.02. The number of aromatic amines is 1. The molecule has 0 fully saturated rings. The number of hydrogen-bond donors (Lipinski definition) is 1. The Balaban J connectivity index is 2.51. The summed E-state index contributed by atoms with van der Waals surface area (Å²) in [4.78, 5) is 20.4. The first-order chi connectivity index (χ1) is 5.20. The lowest BCUT2D eigenvalue weighted by molar-refractivity contribution is -0.763. The lowest BCUT2D eigenvalue weighted by Gasteiger charge is -1.94. The van der Waals surface area contributed by atoms with E-state index in [1.807, 2.05) is 0 Å². The van der Waals surface area contributed by atoms with Gasteiger partial charge in [0.2, 0.25) is 0 Å². The van der Waals surface area contributed by atoms with Crippen molar-refractivity contribution in [2.24, 2.45) is 0 Å². The molecule has 0 bridgehead atoms. The third-order valence-electron chi connectivity index (χ3n) is 1.24. The second-order valence-electron chi connectivity index (χ2n) is 1.97. The third-order valence-corrected chi connectivity index (χ3v) is 1.24. The van der Waals surface area contributed by atoms with Gasteiger partial charge in [-0.2, -0.15) is 0 Å². The summed E-state index contributed by atoms with van der Waals surface area (Å²) in [5.41, 5.74) is 1.34. The lowest BCUT2D eigenvalue weighted by atomic mass is 10.4. The predicted octanol–water partition coefficient (Wildman–Crippen LogP) is 0.426. The quantitative estimate of drug-likeness (QED) is 0.509. The molecule has 1 aromatic rings. The van der Waals surface area contributed by atoms with Crippen molar-refractivity contribution >= 4 is 0 Å². The van der Waals surface area contributed by atoms with Crippen LogP contribution >= 0.6 is 0 Å². The van der Waals surface area contributed by atoms with Crippen molar-refractivity contribution < 1.29 is 9.92 Å². The van der Waals surface area contributed by atoms with Gasteiger partial charge in [-0.3, -0.25) is 0 Å². The second-order valence-corrected chi connectivity index (χ2v) is 1.97. The summed E-state index contributed by atoms with van der Waals surface area (Å²) in [5.74, 6) is 0. The highest BCUT2D eigenvalue weighted by atomic mass is 16.9. The Morgan fingerprint density at radius 3 is 3.09 bits per heavy atom. The number of aromatic nitrogens is 2.